The van der Waals surface area contributed by atoms with Crippen LogP contribution in [0.5, 0.6) is 0 Å². The average molecular weight is 378 g/mol. The molecule has 4 rings (SSSR count). The summed E-state index contributed by atoms with van der Waals surface area (Å²) in [6.07, 6.45) is 6.29. The minimum atomic E-state index is -0.558. The molecule has 2 aliphatic heterocycles. The monoisotopic (exact) mass is 378 g/mol. The number of nitrogens with one attached hydrogen (secondary N) is 3. The number of hydrogen-bond acceptors (Lipinski definition) is 4. The van der Waals surface area contributed by atoms with Crippen LogP contribution < -0.4 is 16.0 Å². The first-order valence-electron chi connectivity index (χ1n) is 8.92. The van der Waals surface area contributed by atoms with Crippen molar-refractivity contribution in [2.45, 2.75) is 12.3 Å². The van der Waals surface area contributed by atoms with Crippen molar-refractivity contribution in [2.24, 2.45) is 4.99 Å². The Morgan fingerprint density at radius 3 is 2.79 bits per heavy atom. The second kappa shape index (κ2) is 7.96. The Bertz CT molecular complexity index is 970. The first-order valence-corrected chi connectivity index (χ1v) is 8.92. The summed E-state index contributed by atoms with van der Waals surface area (Å²) in [7, 11) is 0. The predicted molar refractivity (Wildman–Crippen MR) is 107 cm³/mol. The van der Waals surface area contributed by atoms with Crippen molar-refractivity contribution in [1.29, 1.82) is 0 Å². The maximum Gasteiger partial charge on any atom is 0.321 e. The van der Waals surface area contributed by atoms with Gasteiger partial charge in [-0.15, -0.1) is 0 Å². The Morgan fingerprint density at radius 2 is 1.96 bits per heavy atom. The molecule has 142 valence electrons. The van der Waals surface area contributed by atoms with Gasteiger partial charge in [0.25, 0.3) is 0 Å². The molecule has 0 radical (unpaired) electrons. The highest BCUT2D eigenvalue weighted by Gasteiger charge is 2.25. The molecule has 2 aromatic rings. The average Bonchev–Trinajstić information content (AvgIpc) is 2.90. The lowest BCUT2D eigenvalue weighted by Gasteiger charge is -2.19. The fourth-order valence-corrected chi connectivity index (χ4v) is 3.07. The second-order valence-corrected chi connectivity index (χ2v) is 6.31. The number of nitrogens with zero attached hydrogens (tertiary/aromatic N) is 1. The largest absolute Gasteiger partial charge is 0.488 e. The topological polar surface area (TPSA) is 74.8 Å². The van der Waals surface area contributed by atoms with Crippen LogP contribution in [-0.2, 0) is 4.74 Å². The summed E-state index contributed by atoms with van der Waals surface area (Å²) in [6, 6.07) is 13.2. The molecule has 6 nitrogen and oxygen atoms in total. The summed E-state index contributed by atoms with van der Waals surface area (Å²) in [5.41, 5.74) is 2.63. The summed E-state index contributed by atoms with van der Waals surface area (Å²) >= 11 is 0. The zero-order chi connectivity index (χ0) is 19.3. The van der Waals surface area contributed by atoms with Crippen molar-refractivity contribution in [2.75, 3.05) is 17.2 Å². The highest BCUT2D eigenvalue weighted by atomic mass is 19.1. The molecule has 0 spiro atoms. The minimum Gasteiger partial charge on any atom is -0.488 e. The predicted octanol–water partition coefficient (Wildman–Crippen LogP) is 3.66. The Hall–Kier alpha value is -3.61. The van der Waals surface area contributed by atoms with E-state index in [0.717, 1.165) is 11.3 Å². The smallest absolute Gasteiger partial charge is 0.321 e. The van der Waals surface area contributed by atoms with Gasteiger partial charge < -0.3 is 20.7 Å². The van der Waals surface area contributed by atoms with Gasteiger partial charge in [0, 0.05) is 11.3 Å². The first-order chi connectivity index (χ1) is 13.7. The van der Waals surface area contributed by atoms with Gasteiger partial charge in [0.05, 0.1) is 24.2 Å². The molecule has 2 unspecified atom stereocenters. The summed E-state index contributed by atoms with van der Waals surface area (Å²) in [5, 5.41) is 8.59. The molecule has 2 heterocycles. The van der Waals surface area contributed by atoms with Crippen LogP contribution in [0.25, 0.3) is 0 Å². The van der Waals surface area contributed by atoms with E-state index in [2.05, 4.69) is 16.0 Å². The number of amides is 2. The van der Waals surface area contributed by atoms with E-state index in [-0.39, 0.29) is 11.8 Å². The van der Waals surface area contributed by atoms with Crippen molar-refractivity contribution < 1.29 is 13.9 Å². The van der Waals surface area contributed by atoms with Crippen LogP contribution in [0.1, 0.15) is 5.56 Å². The molecule has 2 aromatic carbocycles. The van der Waals surface area contributed by atoms with Gasteiger partial charge in [-0.25, -0.2) is 9.18 Å². The second-order valence-electron chi connectivity index (χ2n) is 6.31. The zero-order valence-electron chi connectivity index (χ0n) is 14.9. The number of carbonyl (C=O) groups is 1. The molecule has 2 amide bonds. The van der Waals surface area contributed by atoms with Crippen molar-refractivity contribution in [3.63, 3.8) is 0 Å². The van der Waals surface area contributed by atoms with Gasteiger partial charge in [-0.05, 0) is 30.4 Å². The summed E-state index contributed by atoms with van der Waals surface area (Å²) in [5.74, 6) is -0.499. The fourth-order valence-electron chi connectivity index (χ4n) is 3.07. The SMILES string of the molecule is O=C(Nc1ccccc1F)NC1CNc2ccccc2C(C2C=CC=CO2)=N1. The summed E-state index contributed by atoms with van der Waals surface area (Å²) in [4.78, 5) is 17.1. The third kappa shape index (κ3) is 3.88. The van der Waals surface area contributed by atoms with Gasteiger partial charge in [-0.3, -0.25) is 4.99 Å². The van der Waals surface area contributed by atoms with E-state index in [1.54, 1.807) is 24.5 Å². The summed E-state index contributed by atoms with van der Waals surface area (Å²) in [6.45, 7) is 0.386. The number of ether oxygens (including phenoxy) is 1. The van der Waals surface area contributed by atoms with E-state index in [4.69, 9.17) is 9.73 Å². The Morgan fingerprint density at radius 1 is 1.14 bits per heavy atom. The standard InChI is InChI=1S/C21H19FN4O2/c22-15-8-2-4-10-17(15)24-21(27)26-19-13-23-16-9-3-1-7-14(16)20(25-19)18-11-5-6-12-28-18/h1-12,18-19,23H,13H2,(H2,24,26,27). The van der Waals surface area contributed by atoms with E-state index >= 15 is 0 Å². The highest BCUT2D eigenvalue weighted by molar-refractivity contribution is 6.09. The molecule has 0 aromatic heterocycles. The van der Waals surface area contributed by atoms with Crippen molar-refractivity contribution >= 4 is 23.1 Å². The number of hydrogen-bond donors (Lipinski definition) is 3. The van der Waals surface area contributed by atoms with Crippen LogP contribution in [0.15, 0.2) is 78.0 Å². The number of urea groups is 1. The van der Waals surface area contributed by atoms with E-state index in [1.165, 1.54) is 12.1 Å². The molecule has 2 aliphatic rings. The van der Waals surface area contributed by atoms with E-state index in [1.807, 2.05) is 36.4 Å². The lowest BCUT2D eigenvalue weighted by molar-refractivity contribution is 0.238. The lowest BCUT2D eigenvalue weighted by Crippen LogP contribution is -2.41. The van der Waals surface area contributed by atoms with Crippen molar-refractivity contribution in [3.05, 3.63) is 84.4 Å². The van der Waals surface area contributed by atoms with Crippen molar-refractivity contribution in [1.82, 2.24) is 5.32 Å². The molecule has 3 N–H and O–H groups in total. The molecule has 2 atom stereocenters. The number of benzene rings is 2. The Kier molecular flexibility index (Phi) is 5.05. The molecular weight excluding hydrogens is 359 g/mol. The third-order valence-electron chi connectivity index (χ3n) is 4.37. The number of rotatable bonds is 3. The number of para-hydroxylation sites is 2. The number of allylic oxidation sites excluding steroid dienone is 2. The van der Waals surface area contributed by atoms with Crippen LogP contribution in [-0.4, -0.2) is 30.6 Å². The maximum absolute atomic E-state index is 13.8. The number of anilines is 2. The Labute approximate surface area is 161 Å². The van der Waals surface area contributed by atoms with Gasteiger partial charge in [-0.2, -0.15) is 0 Å². The van der Waals surface area contributed by atoms with Gasteiger partial charge in [0.2, 0.25) is 0 Å². The van der Waals surface area contributed by atoms with Crippen LogP contribution >= 0.6 is 0 Å². The molecule has 0 bridgehead atoms. The van der Waals surface area contributed by atoms with Crippen molar-refractivity contribution in [3.8, 4) is 0 Å². The van der Waals surface area contributed by atoms with E-state index in [0.29, 0.717) is 12.3 Å². The van der Waals surface area contributed by atoms with Gasteiger partial charge in [0.15, 0.2) is 6.10 Å². The van der Waals surface area contributed by atoms with E-state index < -0.39 is 18.0 Å². The highest BCUT2D eigenvalue weighted by Crippen LogP contribution is 2.23. The number of aliphatic imine (C=N–C) groups is 1. The first kappa shape index (κ1) is 17.8. The van der Waals surface area contributed by atoms with Crippen LogP contribution in [0.2, 0.25) is 0 Å². The van der Waals surface area contributed by atoms with E-state index in [9.17, 15) is 9.18 Å². The minimum absolute atomic E-state index is 0.109. The molecule has 28 heavy (non-hydrogen) atoms. The number of carbonyl (C=O) groups excluding carboxylic acids is 1. The van der Waals surface area contributed by atoms with Crippen LogP contribution in [0, 0.1) is 5.82 Å². The van der Waals surface area contributed by atoms with Gasteiger partial charge in [-0.1, -0.05) is 36.4 Å². The summed E-state index contributed by atoms with van der Waals surface area (Å²) < 4.78 is 19.5. The molecule has 0 aliphatic carbocycles. The lowest BCUT2D eigenvalue weighted by atomic mass is 10.0. The van der Waals surface area contributed by atoms with Gasteiger partial charge in [0.1, 0.15) is 12.0 Å². The quantitative estimate of drug-likeness (QED) is 0.763. The number of benzodiazepines with no additional fused rings is 1. The maximum atomic E-state index is 13.8. The number of fused-ring (bicyclic) bond motifs is 1. The third-order valence-corrected chi connectivity index (χ3v) is 4.37. The van der Waals surface area contributed by atoms with Crippen LogP contribution in [0.4, 0.5) is 20.6 Å². The molecule has 7 heteroatoms. The molecular formula is C21H19FN4O2. The fraction of sp³-hybridized carbons (Fsp3) is 0.143. The number of halogens is 1. The molecule has 0 fully saturated rings. The Balaban J connectivity index is 1.56. The normalized spacial score (nSPS) is 20.1. The molecule has 0 saturated carbocycles. The molecule has 0 saturated heterocycles. The van der Waals surface area contributed by atoms with Gasteiger partial charge >= 0.3 is 6.03 Å². The van der Waals surface area contributed by atoms with Crippen LogP contribution in [0.3, 0.4) is 0 Å². The zero-order valence-corrected chi connectivity index (χ0v) is 14.9.